The maximum absolute atomic E-state index is 11.8. The molecule has 0 aliphatic carbocycles. The van der Waals surface area contributed by atoms with E-state index in [1.165, 1.54) is 7.11 Å². The number of Topliss-reactive ketones (excluding diaryl/α,β-unsaturated/α-hetero) is 1. The van der Waals surface area contributed by atoms with Crippen LogP contribution in [0.25, 0.3) is 0 Å². The summed E-state index contributed by atoms with van der Waals surface area (Å²) in [6, 6.07) is 0. The molecule has 0 aliphatic heterocycles. The number of aryl methyl sites for hydroxylation is 1. The molecule has 0 atom stereocenters. The average Bonchev–Trinajstić information content (AvgIpc) is 2.62. The normalized spacial score (nSPS) is 10.0. The molecule has 0 unspecified atom stereocenters. The van der Waals surface area contributed by atoms with Gasteiger partial charge in [-0.3, -0.25) is 9.48 Å². The largest absolute Gasteiger partial charge is 0.493 e. The zero-order valence-electron chi connectivity index (χ0n) is 9.19. The zero-order chi connectivity index (χ0) is 11.3. The Morgan fingerprint density at radius 1 is 1.73 bits per heavy atom. The second-order valence-electron chi connectivity index (χ2n) is 3.20. The van der Waals surface area contributed by atoms with Gasteiger partial charge in [0.2, 0.25) is 0 Å². The molecule has 1 aromatic heterocycles. The van der Waals surface area contributed by atoms with Crippen LogP contribution in [0.5, 0.6) is 5.75 Å². The number of hydrogen-bond acceptors (Lipinski definition) is 3. The van der Waals surface area contributed by atoms with E-state index in [1.807, 2.05) is 6.92 Å². The molecule has 1 rings (SSSR count). The Kier molecular flexibility index (Phi) is 4.09. The van der Waals surface area contributed by atoms with E-state index in [0.717, 1.165) is 13.0 Å². The highest BCUT2D eigenvalue weighted by molar-refractivity contribution is 5.97. The molecule has 4 nitrogen and oxygen atoms in total. The van der Waals surface area contributed by atoms with Gasteiger partial charge < -0.3 is 4.74 Å². The Bertz CT molecular complexity index is 355. The predicted molar refractivity (Wildman–Crippen MR) is 58.2 cm³/mol. The number of methoxy groups -OCH3 is 1. The maximum atomic E-state index is 11.8. The smallest absolute Gasteiger partial charge is 0.188 e. The van der Waals surface area contributed by atoms with Crippen LogP contribution in [0.15, 0.2) is 18.9 Å². The number of allylic oxidation sites excluding steroid dienone is 1. The van der Waals surface area contributed by atoms with Crippen molar-refractivity contribution >= 4 is 5.78 Å². The topological polar surface area (TPSA) is 44.1 Å². The van der Waals surface area contributed by atoms with Gasteiger partial charge in [-0.25, -0.2) is 0 Å². The van der Waals surface area contributed by atoms with Crippen LogP contribution in [-0.2, 0) is 6.54 Å². The molecule has 82 valence electrons. The molecule has 0 amide bonds. The monoisotopic (exact) mass is 208 g/mol. The SMILES string of the molecule is C=CCC(=O)c1c(OC)cnn1CCC. The lowest BCUT2D eigenvalue weighted by atomic mass is 10.2. The molecule has 0 fully saturated rings. The fourth-order valence-corrected chi connectivity index (χ4v) is 1.41. The fraction of sp³-hybridized carbons (Fsp3) is 0.455. The van der Waals surface area contributed by atoms with Crippen LogP contribution in [0.3, 0.4) is 0 Å². The highest BCUT2D eigenvalue weighted by Crippen LogP contribution is 2.19. The van der Waals surface area contributed by atoms with Crippen LogP contribution in [0.1, 0.15) is 30.3 Å². The number of aromatic nitrogens is 2. The minimum absolute atomic E-state index is 0.00667. The molecule has 0 N–H and O–H groups in total. The summed E-state index contributed by atoms with van der Waals surface area (Å²) in [6.45, 7) is 6.31. The highest BCUT2D eigenvalue weighted by Gasteiger charge is 2.17. The van der Waals surface area contributed by atoms with Crippen LogP contribution < -0.4 is 4.74 Å². The van der Waals surface area contributed by atoms with E-state index in [1.54, 1.807) is 17.0 Å². The molecule has 0 aromatic carbocycles. The number of ether oxygens (including phenoxy) is 1. The standard InChI is InChI=1S/C11H16N2O2/c1-4-6-9(14)11-10(15-3)8-12-13(11)7-5-2/h4,8H,1,5-7H2,2-3H3. The third-order valence-electron chi connectivity index (χ3n) is 2.06. The lowest BCUT2D eigenvalue weighted by Crippen LogP contribution is -2.10. The summed E-state index contributed by atoms with van der Waals surface area (Å²) in [6.07, 6.45) is 4.40. The average molecular weight is 208 g/mol. The molecular weight excluding hydrogens is 192 g/mol. The van der Waals surface area contributed by atoms with Crippen LogP contribution in [0.2, 0.25) is 0 Å². The molecular formula is C11H16N2O2. The van der Waals surface area contributed by atoms with Crippen LogP contribution >= 0.6 is 0 Å². The summed E-state index contributed by atoms with van der Waals surface area (Å²) in [5.74, 6) is 0.531. The number of nitrogens with zero attached hydrogens (tertiary/aromatic N) is 2. The highest BCUT2D eigenvalue weighted by atomic mass is 16.5. The molecule has 0 saturated carbocycles. The summed E-state index contributed by atoms with van der Waals surface area (Å²) >= 11 is 0. The summed E-state index contributed by atoms with van der Waals surface area (Å²) in [5.41, 5.74) is 0.541. The van der Waals surface area contributed by atoms with E-state index in [-0.39, 0.29) is 5.78 Å². The predicted octanol–water partition coefficient (Wildman–Crippen LogP) is 2.06. The van der Waals surface area contributed by atoms with Gasteiger partial charge in [0.15, 0.2) is 11.5 Å². The van der Waals surface area contributed by atoms with Crippen molar-refractivity contribution in [1.82, 2.24) is 9.78 Å². The lowest BCUT2D eigenvalue weighted by Gasteiger charge is -2.05. The molecule has 1 aromatic rings. The van der Waals surface area contributed by atoms with Crippen LogP contribution in [0, 0.1) is 0 Å². The Morgan fingerprint density at radius 2 is 2.47 bits per heavy atom. The van der Waals surface area contributed by atoms with E-state index in [2.05, 4.69) is 11.7 Å². The van der Waals surface area contributed by atoms with Crippen molar-refractivity contribution in [3.8, 4) is 5.75 Å². The summed E-state index contributed by atoms with van der Waals surface area (Å²) in [5, 5.41) is 4.12. The van der Waals surface area contributed by atoms with Crippen molar-refractivity contribution in [2.24, 2.45) is 0 Å². The minimum atomic E-state index is -0.00667. The molecule has 0 spiro atoms. The van der Waals surface area contributed by atoms with Crippen molar-refractivity contribution in [2.45, 2.75) is 26.3 Å². The first-order chi connectivity index (χ1) is 7.24. The maximum Gasteiger partial charge on any atom is 0.188 e. The molecule has 0 bridgehead atoms. The van der Waals surface area contributed by atoms with Gasteiger partial charge in [0.1, 0.15) is 5.69 Å². The minimum Gasteiger partial charge on any atom is -0.493 e. The van der Waals surface area contributed by atoms with Gasteiger partial charge in [-0.15, -0.1) is 6.58 Å². The number of rotatable bonds is 6. The van der Waals surface area contributed by atoms with Crippen molar-refractivity contribution in [3.63, 3.8) is 0 Å². The number of hydrogen-bond donors (Lipinski definition) is 0. The lowest BCUT2D eigenvalue weighted by molar-refractivity contribution is 0.0982. The van der Waals surface area contributed by atoms with Gasteiger partial charge in [-0.1, -0.05) is 13.0 Å². The van der Waals surface area contributed by atoms with Crippen molar-refractivity contribution in [1.29, 1.82) is 0 Å². The van der Waals surface area contributed by atoms with Crippen LogP contribution in [-0.4, -0.2) is 22.7 Å². The number of carbonyl (C=O) groups is 1. The van der Waals surface area contributed by atoms with E-state index in [4.69, 9.17) is 4.74 Å². The Morgan fingerprint density at radius 3 is 3.00 bits per heavy atom. The van der Waals surface area contributed by atoms with Gasteiger partial charge >= 0.3 is 0 Å². The summed E-state index contributed by atoms with van der Waals surface area (Å²) in [4.78, 5) is 11.8. The molecule has 0 aliphatic rings. The number of ketones is 1. The third kappa shape index (κ3) is 2.46. The first kappa shape index (κ1) is 11.5. The van der Waals surface area contributed by atoms with E-state index in [0.29, 0.717) is 17.9 Å². The quantitative estimate of drug-likeness (QED) is 0.531. The van der Waals surface area contributed by atoms with Gasteiger partial charge in [0.25, 0.3) is 0 Å². The van der Waals surface area contributed by atoms with Gasteiger partial charge in [-0.2, -0.15) is 5.10 Å². The zero-order valence-corrected chi connectivity index (χ0v) is 9.19. The molecule has 0 radical (unpaired) electrons. The van der Waals surface area contributed by atoms with E-state index >= 15 is 0 Å². The van der Waals surface area contributed by atoms with Gasteiger partial charge in [0, 0.05) is 13.0 Å². The Labute approximate surface area is 89.5 Å². The second kappa shape index (κ2) is 5.34. The molecule has 15 heavy (non-hydrogen) atoms. The van der Waals surface area contributed by atoms with E-state index < -0.39 is 0 Å². The molecule has 1 heterocycles. The van der Waals surface area contributed by atoms with Crippen LogP contribution in [0.4, 0.5) is 0 Å². The summed E-state index contributed by atoms with van der Waals surface area (Å²) < 4.78 is 6.79. The van der Waals surface area contributed by atoms with E-state index in [9.17, 15) is 4.79 Å². The van der Waals surface area contributed by atoms with Gasteiger partial charge in [-0.05, 0) is 6.42 Å². The van der Waals surface area contributed by atoms with Crippen molar-refractivity contribution in [3.05, 3.63) is 24.5 Å². The molecule has 0 saturated heterocycles. The van der Waals surface area contributed by atoms with Crippen molar-refractivity contribution in [2.75, 3.05) is 7.11 Å². The number of carbonyl (C=O) groups excluding carboxylic acids is 1. The fourth-order valence-electron chi connectivity index (χ4n) is 1.41. The van der Waals surface area contributed by atoms with Crippen molar-refractivity contribution < 1.29 is 9.53 Å². The second-order valence-corrected chi connectivity index (χ2v) is 3.20. The molecule has 4 heteroatoms. The third-order valence-corrected chi connectivity index (χ3v) is 2.06. The first-order valence-corrected chi connectivity index (χ1v) is 4.98. The Balaban J connectivity index is 3.03. The van der Waals surface area contributed by atoms with Gasteiger partial charge in [0.05, 0.1) is 13.3 Å². The summed E-state index contributed by atoms with van der Waals surface area (Å²) in [7, 11) is 1.54. The Hall–Kier alpha value is -1.58. The first-order valence-electron chi connectivity index (χ1n) is 4.98.